The highest BCUT2D eigenvalue weighted by atomic mass is 16.3. The summed E-state index contributed by atoms with van der Waals surface area (Å²) < 4.78 is 79.9. The fourth-order valence-corrected chi connectivity index (χ4v) is 7.97. The fraction of sp³-hybridized carbons (Fsp3) is 0. The fourth-order valence-electron chi connectivity index (χ4n) is 7.97. The van der Waals surface area contributed by atoms with Crippen molar-refractivity contribution in [3.8, 4) is 33.4 Å². The van der Waals surface area contributed by atoms with E-state index in [9.17, 15) is 5.48 Å². The van der Waals surface area contributed by atoms with E-state index in [1.165, 1.54) is 0 Å². The molecule has 0 aliphatic rings. The number of hydrogen-bond donors (Lipinski definition) is 0. The number of fused-ring (bicyclic) bond motifs is 11. The highest BCUT2D eigenvalue weighted by Gasteiger charge is 2.20. The number of hydrogen-bond acceptors (Lipinski definition) is 1. The van der Waals surface area contributed by atoms with Gasteiger partial charge in [-0.2, -0.15) is 0 Å². The molecule has 1 aromatic heterocycles. The van der Waals surface area contributed by atoms with Crippen LogP contribution in [0, 0.1) is 0 Å². The Morgan fingerprint density at radius 2 is 0.843 bits per heavy atom. The molecule has 0 spiro atoms. The zero-order chi connectivity index (χ0) is 40.4. The molecular formula is C50H30O. The van der Waals surface area contributed by atoms with E-state index < -0.39 is 24.2 Å². The highest BCUT2D eigenvalue weighted by molar-refractivity contribution is 6.30. The monoisotopic (exact) mass is 654 g/mol. The lowest BCUT2D eigenvalue weighted by molar-refractivity contribution is 0.673. The number of benzene rings is 10. The third-order valence-electron chi connectivity index (χ3n) is 10.2. The summed E-state index contributed by atoms with van der Waals surface area (Å²) in [5.74, 6) is 0. The van der Waals surface area contributed by atoms with Crippen molar-refractivity contribution >= 4 is 75.8 Å². The van der Waals surface area contributed by atoms with E-state index in [-0.39, 0.29) is 51.3 Å². The van der Waals surface area contributed by atoms with Crippen molar-refractivity contribution in [3.63, 3.8) is 0 Å². The van der Waals surface area contributed by atoms with Gasteiger partial charge >= 0.3 is 0 Å². The van der Waals surface area contributed by atoms with Gasteiger partial charge in [-0.25, -0.2) is 0 Å². The van der Waals surface area contributed by atoms with Gasteiger partial charge in [0.15, 0.2) is 0 Å². The standard InChI is InChI=1S/C50H30O/c1-2-12-31(13-3-1)32-22-23-34-29-35(25-24-33(34)28-32)47-40-17-7-9-19-42(40)48(43-20-10-8-18-41(43)47)36-26-27-45-46(30-36)51-50-44-21-11-5-15-38(44)37-14-4-6-16-39(37)49(45)50/h1-30H/i7D,8D,9D,10D,17D,18D,19D,20D. The van der Waals surface area contributed by atoms with Crippen molar-refractivity contribution in [2.45, 2.75) is 0 Å². The molecule has 10 aromatic carbocycles. The maximum absolute atomic E-state index is 9.43. The van der Waals surface area contributed by atoms with Crippen LogP contribution in [-0.2, 0) is 0 Å². The maximum Gasteiger partial charge on any atom is 0.143 e. The summed E-state index contributed by atoms with van der Waals surface area (Å²) in [6.45, 7) is 0. The molecule has 11 aromatic rings. The van der Waals surface area contributed by atoms with Gasteiger partial charge in [0.1, 0.15) is 11.2 Å². The number of rotatable bonds is 3. The summed E-state index contributed by atoms with van der Waals surface area (Å²) in [5.41, 5.74) is 5.01. The van der Waals surface area contributed by atoms with Crippen molar-refractivity contribution in [3.05, 3.63) is 182 Å². The molecule has 0 bridgehead atoms. The van der Waals surface area contributed by atoms with Crippen LogP contribution < -0.4 is 0 Å². The topological polar surface area (TPSA) is 13.1 Å². The molecule has 236 valence electrons. The Bertz CT molecular complexity index is 3570. The van der Waals surface area contributed by atoms with E-state index in [1.54, 1.807) is 0 Å². The minimum absolute atomic E-state index is 0.161. The van der Waals surface area contributed by atoms with Crippen molar-refractivity contribution in [1.82, 2.24) is 0 Å². The lowest BCUT2D eigenvalue weighted by atomic mass is 9.85. The molecular weight excluding hydrogens is 617 g/mol. The van der Waals surface area contributed by atoms with Crippen LogP contribution in [0.1, 0.15) is 11.0 Å². The van der Waals surface area contributed by atoms with Gasteiger partial charge in [-0.1, -0.05) is 158 Å². The molecule has 1 heterocycles. The van der Waals surface area contributed by atoms with Crippen LogP contribution in [0.3, 0.4) is 0 Å². The predicted molar refractivity (Wildman–Crippen MR) is 218 cm³/mol. The Balaban J connectivity index is 1.27. The van der Waals surface area contributed by atoms with Gasteiger partial charge < -0.3 is 4.42 Å². The summed E-state index contributed by atoms with van der Waals surface area (Å²) in [4.78, 5) is 0. The molecule has 1 nitrogen and oxygen atoms in total. The molecule has 0 unspecified atom stereocenters. The van der Waals surface area contributed by atoms with Crippen LogP contribution in [0.4, 0.5) is 0 Å². The first kappa shape index (κ1) is 21.4. The summed E-state index contributed by atoms with van der Waals surface area (Å²) in [6, 6.07) is 40.9. The largest absolute Gasteiger partial charge is 0.455 e. The number of furan rings is 1. The third kappa shape index (κ3) is 4.22. The second kappa shape index (κ2) is 10.9. The summed E-state index contributed by atoms with van der Waals surface area (Å²) >= 11 is 0. The lowest BCUT2D eigenvalue weighted by Gasteiger charge is -2.18. The Kier molecular flexibility index (Phi) is 4.57. The van der Waals surface area contributed by atoms with Crippen molar-refractivity contribution in [1.29, 1.82) is 0 Å². The van der Waals surface area contributed by atoms with Crippen LogP contribution in [0.25, 0.3) is 109 Å². The second-order valence-corrected chi connectivity index (χ2v) is 13.0. The van der Waals surface area contributed by atoms with Crippen LogP contribution in [0.2, 0.25) is 0 Å². The van der Waals surface area contributed by atoms with Gasteiger partial charge in [0.25, 0.3) is 0 Å². The third-order valence-corrected chi connectivity index (χ3v) is 10.2. The molecule has 0 aliphatic heterocycles. The molecule has 0 radical (unpaired) electrons. The van der Waals surface area contributed by atoms with E-state index in [4.69, 9.17) is 9.90 Å². The normalized spacial score (nSPS) is 14.1. The average Bonchev–Trinajstić information content (AvgIpc) is 3.67. The summed E-state index contributed by atoms with van der Waals surface area (Å²) in [5, 5.41) is 8.41. The minimum Gasteiger partial charge on any atom is -0.455 e. The molecule has 0 amide bonds. The van der Waals surface area contributed by atoms with Gasteiger partial charge in [-0.15, -0.1) is 0 Å². The van der Waals surface area contributed by atoms with E-state index >= 15 is 0 Å². The molecule has 11 rings (SSSR count). The van der Waals surface area contributed by atoms with E-state index in [1.807, 2.05) is 109 Å². The highest BCUT2D eigenvalue weighted by Crippen LogP contribution is 2.46. The van der Waals surface area contributed by atoms with Gasteiger partial charge in [-0.05, 0) is 106 Å². The predicted octanol–water partition coefficient (Wildman–Crippen LogP) is 14.4. The van der Waals surface area contributed by atoms with Gasteiger partial charge in [0.05, 0.1) is 11.0 Å². The first-order chi connectivity index (χ1) is 28.6. The van der Waals surface area contributed by atoms with Gasteiger partial charge in [0.2, 0.25) is 0 Å². The Hall–Kier alpha value is -6.70. The van der Waals surface area contributed by atoms with Crippen LogP contribution in [-0.4, -0.2) is 0 Å². The molecule has 0 saturated carbocycles. The quantitative estimate of drug-likeness (QED) is 0.136. The summed E-state index contributed by atoms with van der Waals surface area (Å²) in [7, 11) is 0. The maximum atomic E-state index is 9.43. The smallest absolute Gasteiger partial charge is 0.143 e. The average molecular weight is 655 g/mol. The van der Waals surface area contributed by atoms with Crippen LogP contribution >= 0.6 is 0 Å². The van der Waals surface area contributed by atoms with Gasteiger partial charge in [-0.3, -0.25) is 0 Å². The van der Waals surface area contributed by atoms with Crippen molar-refractivity contribution in [2.75, 3.05) is 0 Å². The molecule has 0 aliphatic carbocycles. The Labute approximate surface area is 305 Å². The van der Waals surface area contributed by atoms with E-state index in [2.05, 4.69) is 24.3 Å². The van der Waals surface area contributed by atoms with Crippen molar-refractivity contribution < 1.29 is 15.4 Å². The van der Waals surface area contributed by atoms with Crippen LogP contribution in [0.5, 0.6) is 0 Å². The minimum atomic E-state index is -0.440. The molecule has 0 saturated heterocycles. The first-order valence-electron chi connectivity index (χ1n) is 20.9. The zero-order valence-corrected chi connectivity index (χ0v) is 27.1. The SMILES string of the molecule is [2H]c1c([2H])c([2H])c2c(-c3ccc4c(c3)oc3c5ccccc5c5ccccc5c43)c3c([2H])c([2H])c([2H])c([2H])c3c(-c3ccc4cc(-c5ccccc5)ccc4c3)c2c1[2H]. The van der Waals surface area contributed by atoms with E-state index in [0.29, 0.717) is 27.9 Å². The second-order valence-electron chi connectivity index (χ2n) is 13.0. The zero-order valence-electron chi connectivity index (χ0n) is 35.1. The first-order valence-corrected chi connectivity index (χ1v) is 16.9. The Morgan fingerprint density at radius 1 is 0.353 bits per heavy atom. The summed E-state index contributed by atoms with van der Waals surface area (Å²) in [6.07, 6.45) is 0. The van der Waals surface area contributed by atoms with E-state index in [0.717, 1.165) is 54.2 Å². The van der Waals surface area contributed by atoms with Gasteiger partial charge in [0, 0.05) is 16.2 Å². The lowest BCUT2D eigenvalue weighted by Crippen LogP contribution is -1.91. The molecule has 1 heteroatoms. The molecule has 0 atom stereocenters. The Morgan fingerprint density at radius 3 is 1.49 bits per heavy atom. The van der Waals surface area contributed by atoms with Crippen LogP contribution in [0.15, 0.2) is 186 Å². The molecule has 0 fully saturated rings. The van der Waals surface area contributed by atoms with Crippen molar-refractivity contribution in [2.24, 2.45) is 0 Å². The molecule has 0 N–H and O–H groups in total. The molecule has 51 heavy (non-hydrogen) atoms.